The highest BCUT2D eigenvalue weighted by Gasteiger charge is 2.39. The van der Waals surface area contributed by atoms with E-state index in [9.17, 15) is 18.4 Å². The summed E-state index contributed by atoms with van der Waals surface area (Å²) < 4.78 is 27.3. The van der Waals surface area contributed by atoms with Gasteiger partial charge in [0.05, 0.1) is 16.8 Å². The lowest BCUT2D eigenvalue weighted by Crippen LogP contribution is -2.31. The van der Waals surface area contributed by atoms with Crippen LogP contribution in [0.5, 0.6) is 0 Å². The molecule has 0 spiro atoms. The van der Waals surface area contributed by atoms with Gasteiger partial charge in [-0.25, -0.2) is 13.7 Å². The lowest BCUT2D eigenvalue weighted by Gasteiger charge is -2.17. The summed E-state index contributed by atoms with van der Waals surface area (Å²) in [6.07, 6.45) is 0. The first-order valence-corrected chi connectivity index (χ1v) is 6.14. The molecule has 2 aromatic carbocycles. The normalized spacial score (nSPS) is 13.8. The number of halogens is 2. The molecule has 1 aliphatic rings. The molecule has 3 rings (SSSR count). The van der Waals surface area contributed by atoms with Crippen molar-refractivity contribution in [3.63, 3.8) is 0 Å². The van der Waals surface area contributed by atoms with Gasteiger partial charge in [-0.3, -0.25) is 9.59 Å². The van der Waals surface area contributed by atoms with E-state index in [1.165, 1.54) is 12.1 Å². The summed E-state index contributed by atoms with van der Waals surface area (Å²) in [5, 5.41) is 0. The lowest BCUT2D eigenvalue weighted by molar-refractivity contribution is 0.0925. The van der Waals surface area contributed by atoms with Crippen molar-refractivity contribution in [2.75, 3.05) is 10.6 Å². The molecule has 1 aliphatic heterocycles. The predicted octanol–water partition coefficient (Wildman–Crippen LogP) is 2.66. The van der Waals surface area contributed by atoms with E-state index >= 15 is 0 Å². The number of aryl methyl sites for hydroxylation is 1. The first-order valence-electron chi connectivity index (χ1n) is 6.14. The zero-order chi connectivity index (χ0) is 15.3. The van der Waals surface area contributed by atoms with Crippen LogP contribution in [-0.4, -0.2) is 11.8 Å². The van der Waals surface area contributed by atoms with Gasteiger partial charge in [0.1, 0.15) is 5.69 Å². The minimum atomic E-state index is -1.32. The maximum Gasteiger partial charge on any atom is 0.266 e. The van der Waals surface area contributed by atoms with Crippen LogP contribution in [0, 0.1) is 18.6 Å². The molecular weight excluding hydrogens is 278 g/mol. The first-order chi connectivity index (χ1) is 9.91. The van der Waals surface area contributed by atoms with Gasteiger partial charge < -0.3 is 5.73 Å². The summed E-state index contributed by atoms with van der Waals surface area (Å²) in [5.74, 6) is -3.92. The average molecular weight is 288 g/mol. The number of carbonyl (C=O) groups is 2. The van der Waals surface area contributed by atoms with Crippen molar-refractivity contribution in [2.45, 2.75) is 6.92 Å². The summed E-state index contributed by atoms with van der Waals surface area (Å²) in [5.41, 5.74) is 5.97. The third-order valence-electron chi connectivity index (χ3n) is 3.37. The van der Waals surface area contributed by atoms with Gasteiger partial charge >= 0.3 is 0 Å². The number of benzene rings is 2. The van der Waals surface area contributed by atoms with Crippen LogP contribution in [0.1, 0.15) is 26.3 Å². The molecule has 0 fully saturated rings. The SMILES string of the molecule is Cc1ccc2c(c1)C(=O)N(c1c(N)ccc(F)c1F)C2=O. The fourth-order valence-electron chi connectivity index (χ4n) is 2.34. The number of imide groups is 1. The molecule has 2 amide bonds. The zero-order valence-electron chi connectivity index (χ0n) is 11.0. The molecule has 21 heavy (non-hydrogen) atoms. The second-order valence-electron chi connectivity index (χ2n) is 4.79. The van der Waals surface area contributed by atoms with E-state index in [1.807, 2.05) is 0 Å². The molecule has 0 saturated carbocycles. The van der Waals surface area contributed by atoms with Crippen molar-refractivity contribution in [3.05, 3.63) is 58.7 Å². The van der Waals surface area contributed by atoms with Gasteiger partial charge in [0.25, 0.3) is 11.8 Å². The first kappa shape index (κ1) is 13.2. The highest BCUT2D eigenvalue weighted by molar-refractivity contribution is 6.35. The van der Waals surface area contributed by atoms with Gasteiger partial charge in [-0.15, -0.1) is 0 Å². The minimum Gasteiger partial charge on any atom is -0.397 e. The fourth-order valence-corrected chi connectivity index (χ4v) is 2.34. The molecule has 2 N–H and O–H groups in total. The topological polar surface area (TPSA) is 63.4 Å². The molecule has 1 heterocycles. The van der Waals surface area contributed by atoms with E-state index in [0.29, 0.717) is 4.90 Å². The van der Waals surface area contributed by atoms with Crippen molar-refractivity contribution in [1.82, 2.24) is 0 Å². The van der Waals surface area contributed by atoms with Crippen LogP contribution in [-0.2, 0) is 0 Å². The summed E-state index contributed by atoms with van der Waals surface area (Å²) in [4.78, 5) is 25.2. The third kappa shape index (κ3) is 1.79. The van der Waals surface area contributed by atoms with Crippen LogP contribution in [0.2, 0.25) is 0 Å². The van der Waals surface area contributed by atoms with Gasteiger partial charge in [0.2, 0.25) is 0 Å². The van der Waals surface area contributed by atoms with Gasteiger partial charge in [-0.05, 0) is 31.2 Å². The Bertz CT molecular complexity index is 803. The third-order valence-corrected chi connectivity index (χ3v) is 3.37. The van der Waals surface area contributed by atoms with Crippen molar-refractivity contribution >= 4 is 23.2 Å². The minimum absolute atomic E-state index is 0.147. The largest absolute Gasteiger partial charge is 0.397 e. The number of nitrogens with two attached hydrogens (primary N) is 1. The van der Waals surface area contributed by atoms with Crippen LogP contribution in [0.4, 0.5) is 20.2 Å². The molecule has 0 bridgehead atoms. The number of rotatable bonds is 1. The van der Waals surface area contributed by atoms with Crippen LogP contribution in [0.25, 0.3) is 0 Å². The summed E-state index contributed by atoms with van der Waals surface area (Å²) in [6.45, 7) is 1.76. The number of carbonyl (C=O) groups excluding carboxylic acids is 2. The monoisotopic (exact) mass is 288 g/mol. The van der Waals surface area contributed by atoms with Gasteiger partial charge in [-0.2, -0.15) is 0 Å². The number of nitrogens with zero attached hydrogens (tertiary/aromatic N) is 1. The Morgan fingerprint density at radius 3 is 2.38 bits per heavy atom. The van der Waals surface area contributed by atoms with Crippen LogP contribution < -0.4 is 10.6 Å². The Morgan fingerprint density at radius 2 is 1.67 bits per heavy atom. The summed E-state index contributed by atoms with van der Waals surface area (Å²) in [7, 11) is 0. The smallest absolute Gasteiger partial charge is 0.266 e. The Hall–Kier alpha value is -2.76. The van der Waals surface area contributed by atoms with Gasteiger partial charge in [0.15, 0.2) is 11.6 Å². The second-order valence-corrected chi connectivity index (χ2v) is 4.79. The predicted molar refractivity (Wildman–Crippen MR) is 73.1 cm³/mol. The molecule has 0 unspecified atom stereocenters. The van der Waals surface area contributed by atoms with E-state index in [-0.39, 0.29) is 16.8 Å². The standard InChI is InChI=1S/C15H10F2N2O2/c1-7-2-3-8-9(6-7)15(21)19(14(8)20)13-11(18)5-4-10(16)12(13)17/h2-6H,18H2,1H3. The number of anilines is 2. The molecule has 2 aromatic rings. The number of amides is 2. The highest BCUT2D eigenvalue weighted by Crippen LogP contribution is 2.35. The number of nitrogen functional groups attached to an aromatic ring is 1. The second kappa shape index (κ2) is 4.37. The van der Waals surface area contributed by atoms with Crippen molar-refractivity contribution in [1.29, 1.82) is 0 Å². The van der Waals surface area contributed by atoms with Crippen molar-refractivity contribution in [2.24, 2.45) is 0 Å². The van der Waals surface area contributed by atoms with Gasteiger partial charge in [0, 0.05) is 0 Å². The van der Waals surface area contributed by atoms with Gasteiger partial charge in [-0.1, -0.05) is 11.6 Å². The Morgan fingerprint density at radius 1 is 1.00 bits per heavy atom. The molecule has 106 valence electrons. The molecule has 0 aromatic heterocycles. The number of fused-ring (bicyclic) bond motifs is 1. The Balaban J connectivity index is 2.21. The van der Waals surface area contributed by atoms with E-state index in [2.05, 4.69) is 0 Å². The van der Waals surface area contributed by atoms with Crippen LogP contribution in [0.15, 0.2) is 30.3 Å². The van der Waals surface area contributed by atoms with E-state index in [4.69, 9.17) is 5.73 Å². The maximum atomic E-state index is 14.0. The number of hydrogen-bond donors (Lipinski definition) is 1. The molecule has 0 radical (unpaired) electrons. The van der Waals surface area contributed by atoms with E-state index in [1.54, 1.807) is 13.0 Å². The van der Waals surface area contributed by atoms with Crippen molar-refractivity contribution < 1.29 is 18.4 Å². The molecule has 0 atom stereocenters. The Kier molecular flexibility index (Phi) is 2.76. The number of hydrogen-bond acceptors (Lipinski definition) is 3. The lowest BCUT2D eigenvalue weighted by atomic mass is 10.1. The molecule has 0 aliphatic carbocycles. The molecule has 6 heteroatoms. The average Bonchev–Trinajstić information content (AvgIpc) is 2.68. The van der Waals surface area contributed by atoms with E-state index < -0.39 is 29.1 Å². The summed E-state index contributed by atoms with van der Waals surface area (Å²) >= 11 is 0. The zero-order valence-corrected chi connectivity index (χ0v) is 11.0. The molecule has 0 saturated heterocycles. The fraction of sp³-hybridized carbons (Fsp3) is 0.0667. The van der Waals surface area contributed by atoms with Crippen LogP contribution in [0.3, 0.4) is 0 Å². The van der Waals surface area contributed by atoms with Crippen LogP contribution >= 0.6 is 0 Å². The van der Waals surface area contributed by atoms with Crippen molar-refractivity contribution in [3.8, 4) is 0 Å². The molecular formula is C15H10F2N2O2. The molecule has 4 nitrogen and oxygen atoms in total. The highest BCUT2D eigenvalue weighted by atomic mass is 19.2. The van der Waals surface area contributed by atoms with E-state index in [0.717, 1.165) is 17.7 Å². The Labute approximate surface area is 118 Å². The summed E-state index contributed by atoms with van der Waals surface area (Å²) in [6, 6.07) is 6.64. The quantitative estimate of drug-likeness (QED) is 0.648. The maximum absolute atomic E-state index is 14.0.